The van der Waals surface area contributed by atoms with Crippen LogP contribution in [0, 0.1) is 0 Å². The Morgan fingerprint density at radius 2 is 0.565 bits per heavy atom. The highest BCUT2D eigenvalue weighted by atomic mass is 16.5. The second kappa shape index (κ2) is 65.8. The van der Waals surface area contributed by atoms with E-state index in [1.54, 1.807) is 0 Å². The number of aliphatic hydroxyl groups is 2. The molecule has 0 saturated heterocycles. The van der Waals surface area contributed by atoms with Gasteiger partial charge in [-0.15, -0.1) is 0 Å². The van der Waals surface area contributed by atoms with Crippen LogP contribution in [0.2, 0.25) is 0 Å². The van der Waals surface area contributed by atoms with Crippen LogP contribution in [0.5, 0.6) is 0 Å². The van der Waals surface area contributed by atoms with Crippen molar-refractivity contribution in [2.45, 2.75) is 335 Å². The molecule has 0 bridgehead atoms. The third-order valence-corrected chi connectivity index (χ3v) is 12.9. The number of hydrogen-bond donors (Lipinski definition) is 4. The summed E-state index contributed by atoms with van der Waals surface area (Å²) in [5, 5.41) is 34.8. The maximum atomic E-state index is 11.4. The highest BCUT2D eigenvalue weighted by molar-refractivity contribution is 5.69. The number of unbranched alkanes of at least 4 members (excludes halogenated alkanes) is 40. The van der Waals surface area contributed by atoms with Crippen molar-refractivity contribution in [2.24, 2.45) is 0 Å². The van der Waals surface area contributed by atoms with Crippen molar-refractivity contribution >= 4 is 17.9 Å². The van der Waals surface area contributed by atoms with Gasteiger partial charge in [0.1, 0.15) is 12.7 Å². The summed E-state index contributed by atoms with van der Waals surface area (Å²) in [4.78, 5) is 32.1. The van der Waals surface area contributed by atoms with Gasteiger partial charge in [0.2, 0.25) is 0 Å². The van der Waals surface area contributed by atoms with E-state index in [1.165, 1.54) is 250 Å². The van der Waals surface area contributed by atoms with Crippen molar-refractivity contribution in [1.29, 1.82) is 0 Å². The lowest BCUT2D eigenvalue weighted by Gasteiger charge is -2.08. The molecular weight excluding hydrogens is 861 g/mol. The molecule has 4 N–H and O–H groups in total. The van der Waals surface area contributed by atoms with E-state index in [-0.39, 0.29) is 19.2 Å². The molecule has 0 aromatic rings. The lowest BCUT2D eigenvalue weighted by atomic mass is 10.0. The van der Waals surface area contributed by atoms with E-state index in [4.69, 9.17) is 25.2 Å². The minimum Gasteiger partial charge on any atom is -0.481 e. The number of carbonyl (C=O) groups is 3. The van der Waals surface area contributed by atoms with E-state index in [0.29, 0.717) is 19.3 Å². The molecule has 0 amide bonds. The predicted molar refractivity (Wildman–Crippen MR) is 296 cm³/mol. The zero-order valence-corrected chi connectivity index (χ0v) is 46.2. The smallest absolute Gasteiger partial charge is 0.305 e. The zero-order valence-electron chi connectivity index (χ0n) is 46.2. The fourth-order valence-corrected chi connectivity index (χ4v) is 8.36. The van der Waals surface area contributed by atoms with Crippen molar-refractivity contribution in [3.05, 3.63) is 24.3 Å². The first-order valence-corrected chi connectivity index (χ1v) is 29.9. The summed E-state index contributed by atoms with van der Waals surface area (Å²) in [6, 6.07) is 0. The van der Waals surface area contributed by atoms with Crippen LogP contribution >= 0.6 is 0 Å². The first kappa shape index (κ1) is 71.1. The van der Waals surface area contributed by atoms with Crippen molar-refractivity contribution in [3.8, 4) is 0 Å². The second-order valence-corrected chi connectivity index (χ2v) is 20.1. The van der Waals surface area contributed by atoms with Crippen LogP contribution in [-0.2, 0) is 19.1 Å². The van der Waals surface area contributed by atoms with E-state index in [1.807, 2.05) is 0 Å². The van der Waals surface area contributed by atoms with Crippen LogP contribution in [0.25, 0.3) is 0 Å². The Hall–Kier alpha value is -2.19. The summed E-state index contributed by atoms with van der Waals surface area (Å²) in [5.41, 5.74) is 0. The number of aliphatic hydroxyl groups excluding tert-OH is 2. The molecule has 8 heteroatoms. The average Bonchev–Trinajstić information content (AvgIpc) is 3.34. The zero-order chi connectivity index (χ0) is 51.2. The molecule has 1 atom stereocenters. The van der Waals surface area contributed by atoms with Crippen LogP contribution in [-0.4, -0.2) is 57.7 Å². The van der Waals surface area contributed by atoms with Crippen molar-refractivity contribution in [1.82, 2.24) is 0 Å². The van der Waals surface area contributed by atoms with Crippen molar-refractivity contribution in [2.75, 3.05) is 13.2 Å². The molecule has 0 heterocycles. The Morgan fingerprint density at radius 1 is 0.348 bits per heavy atom. The lowest BCUT2D eigenvalue weighted by molar-refractivity contribution is -0.147. The van der Waals surface area contributed by atoms with Gasteiger partial charge in [0.05, 0.1) is 6.61 Å². The molecule has 0 saturated carbocycles. The Morgan fingerprint density at radius 3 is 0.797 bits per heavy atom. The SMILES string of the molecule is CCCCCCCC/C=C\CCCCCCCC(=O)O.CCCCCCCC/C=C\CCCCCCCC(=O)O.CCCCCCCCCCCCCCCCCCCCCC(=O)OCC(O)CO. The normalized spacial score (nSPS) is 11.7. The average molecular weight is 980 g/mol. The maximum Gasteiger partial charge on any atom is 0.305 e. The molecule has 1 unspecified atom stereocenters. The van der Waals surface area contributed by atoms with Gasteiger partial charge < -0.3 is 25.2 Å². The fraction of sp³-hybridized carbons (Fsp3) is 0.885. The van der Waals surface area contributed by atoms with Crippen LogP contribution in [0.1, 0.15) is 329 Å². The van der Waals surface area contributed by atoms with Gasteiger partial charge in [0.25, 0.3) is 0 Å². The summed E-state index contributed by atoms with van der Waals surface area (Å²) in [7, 11) is 0. The number of esters is 1. The second-order valence-electron chi connectivity index (χ2n) is 20.1. The van der Waals surface area contributed by atoms with E-state index >= 15 is 0 Å². The molecular formula is C61H118O8. The van der Waals surface area contributed by atoms with Gasteiger partial charge in [-0.25, -0.2) is 0 Å². The fourth-order valence-electron chi connectivity index (χ4n) is 8.36. The monoisotopic (exact) mass is 979 g/mol. The molecule has 410 valence electrons. The lowest BCUT2D eigenvalue weighted by Crippen LogP contribution is -2.21. The third kappa shape index (κ3) is 74.9. The number of aliphatic carboxylic acids is 2. The Kier molecular flexibility index (Phi) is 67.8. The predicted octanol–water partition coefficient (Wildman–Crippen LogP) is 18.9. The number of carbonyl (C=O) groups excluding carboxylic acids is 1. The van der Waals surface area contributed by atoms with Crippen molar-refractivity contribution in [3.63, 3.8) is 0 Å². The van der Waals surface area contributed by atoms with Gasteiger partial charge in [0, 0.05) is 19.3 Å². The number of carboxylic acids is 2. The standard InChI is InChI=1S/C25H50O4.2C18H34O2/c1-2-3-4-5-6-7-8-9-10-11-12-13-14-15-16-17-18-19-20-21-25(28)29-23-24(27)22-26;2*1-2-3-4-5-6-7-8-9-10-11-12-13-14-15-16-17-18(19)20/h24,26-27H,2-23H2,1H3;2*9-10H,2-8,11-17H2,1H3,(H,19,20)/b;2*10-9-. The van der Waals surface area contributed by atoms with Gasteiger partial charge in [-0.2, -0.15) is 0 Å². The van der Waals surface area contributed by atoms with Gasteiger partial charge in [0.15, 0.2) is 0 Å². The minimum atomic E-state index is -0.955. The van der Waals surface area contributed by atoms with E-state index < -0.39 is 18.0 Å². The first-order valence-electron chi connectivity index (χ1n) is 29.9. The maximum absolute atomic E-state index is 11.4. The number of rotatable bonds is 53. The molecule has 0 spiro atoms. The van der Waals surface area contributed by atoms with Crippen LogP contribution in [0.4, 0.5) is 0 Å². The van der Waals surface area contributed by atoms with Gasteiger partial charge in [-0.1, -0.05) is 263 Å². The minimum absolute atomic E-state index is 0.103. The molecule has 0 radical (unpaired) electrons. The number of carboxylic acid groups (broad SMARTS) is 2. The molecule has 8 nitrogen and oxygen atoms in total. The Balaban J connectivity index is -0.000000974. The summed E-state index contributed by atoms with van der Waals surface area (Å²) in [5.74, 6) is -1.60. The van der Waals surface area contributed by atoms with Crippen molar-refractivity contribution < 1.29 is 39.5 Å². The summed E-state index contributed by atoms with van der Waals surface area (Å²) in [6.07, 6.45) is 67.4. The van der Waals surface area contributed by atoms with Crippen LogP contribution < -0.4 is 0 Å². The number of ether oxygens (including phenoxy) is 1. The quantitative estimate of drug-likeness (QED) is 0.0268. The number of hydrogen-bond acceptors (Lipinski definition) is 6. The Bertz CT molecular complexity index is 1010. The molecule has 0 aliphatic rings. The number of allylic oxidation sites excluding steroid dienone is 4. The van der Waals surface area contributed by atoms with Crippen LogP contribution in [0.3, 0.4) is 0 Å². The van der Waals surface area contributed by atoms with Gasteiger partial charge in [-0.3, -0.25) is 14.4 Å². The topological polar surface area (TPSA) is 141 Å². The summed E-state index contributed by atoms with van der Waals surface area (Å²) in [6.45, 7) is 6.33. The molecule has 69 heavy (non-hydrogen) atoms. The molecule has 0 aliphatic heterocycles. The summed E-state index contributed by atoms with van der Waals surface area (Å²) < 4.78 is 4.88. The largest absolute Gasteiger partial charge is 0.481 e. The van der Waals surface area contributed by atoms with E-state index in [2.05, 4.69) is 45.1 Å². The molecule has 0 aromatic carbocycles. The molecule has 0 aromatic heterocycles. The van der Waals surface area contributed by atoms with E-state index in [0.717, 1.165) is 38.5 Å². The summed E-state index contributed by atoms with van der Waals surface area (Å²) >= 11 is 0. The molecule has 0 rings (SSSR count). The van der Waals surface area contributed by atoms with Crippen LogP contribution in [0.15, 0.2) is 24.3 Å². The first-order chi connectivity index (χ1) is 33.7. The Labute approximate surface area is 428 Å². The molecule has 0 aliphatic carbocycles. The third-order valence-electron chi connectivity index (χ3n) is 12.9. The highest BCUT2D eigenvalue weighted by Crippen LogP contribution is 2.16. The van der Waals surface area contributed by atoms with E-state index in [9.17, 15) is 14.4 Å². The molecule has 0 fully saturated rings. The van der Waals surface area contributed by atoms with Gasteiger partial charge >= 0.3 is 17.9 Å². The van der Waals surface area contributed by atoms with Gasteiger partial charge in [-0.05, 0) is 70.6 Å². The highest BCUT2D eigenvalue weighted by Gasteiger charge is 2.07.